The Bertz CT molecular complexity index is 730. The average molecular weight is 467 g/mol. The van der Waals surface area contributed by atoms with Crippen LogP contribution in [0.5, 0.6) is 0 Å². The number of aliphatic hydroxyl groups is 1. The van der Waals surface area contributed by atoms with E-state index < -0.39 is 23.5 Å². The lowest BCUT2D eigenvalue weighted by atomic mass is 9.70. The molecular formula is C23H38N4O6. The number of ether oxygens (including phenoxy) is 2. The lowest BCUT2D eigenvalue weighted by Crippen LogP contribution is -2.56. The number of aliphatic hydroxyl groups excluding tert-OH is 1. The van der Waals surface area contributed by atoms with Crippen molar-refractivity contribution in [2.24, 2.45) is 11.8 Å². The molecule has 0 aromatic heterocycles. The fourth-order valence-electron chi connectivity index (χ4n) is 6.01. The SMILES string of the molecule is CCCNC(=O)[C@@H]1[C@H]2C(=O)N(CCCCO)C(C(=O)NCCN3CCOCC3)C23CC[C@H]1O3. The summed E-state index contributed by atoms with van der Waals surface area (Å²) in [5.41, 5.74) is -0.946. The highest BCUT2D eigenvalue weighted by Gasteiger charge is 2.74. The van der Waals surface area contributed by atoms with Crippen molar-refractivity contribution in [3.63, 3.8) is 0 Å². The van der Waals surface area contributed by atoms with Crippen molar-refractivity contribution in [1.82, 2.24) is 20.4 Å². The number of hydrogen-bond acceptors (Lipinski definition) is 7. The van der Waals surface area contributed by atoms with Crippen molar-refractivity contribution < 1.29 is 29.0 Å². The van der Waals surface area contributed by atoms with Gasteiger partial charge < -0.3 is 30.1 Å². The van der Waals surface area contributed by atoms with E-state index in [4.69, 9.17) is 9.47 Å². The molecule has 4 heterocycles. The lowest BCUT2D eigenvalue weighted by molar-refractivity contribution is -0.142. The maximum atomic E-state index is 13.6. The predicted molar refractivity (Wildman–Crippen MR) is 119 cm³/mol. The van der Waals surface area contributed by atoms with Gasteiger partial charge in [0.05, 0.1) is 31.2 Å². The van der Waals surface area contributed by atoms with Crippen molar-refractivity contribution in [1.29, 1.82) is 0 Å². The standard InChI is InChI=1S/C23H38N4O6/c1-2-7-24-20(29)17-16-5-6-23(33-16)18(17)22(31)27(9-3-4-13-28)19(23)21(30)25-8-10-26-11-14-32-15-12-26/h16-19,28H,2-15H2,1H3,(H,24,29)(H,25,30)/t16-,17+,18+,19?,23?/m1/s1. The van der Waals surface area contributed by atoms with Gasteiger partial charge in [0, 0.05) is 45.9 Å². The van der Waals surface area contributed by atoms with E-state index in [0.29, 0.717) is 58.5 Å². The molecule has 3 amide bonds. The second-order valence-corrected chi connectivity index (χ2v) is 9.55. The number of rotatable bonds is 11. The van der Waals surface area contributed by atoms with Crippen molar-refractivity contribution >= 4 is 17.7 Å². The monoisotopic (exact) mass is 466 g/mol. The molecule has 4 aliphatic heterocycles. The van der Waals surface area contributed by atoms with Crippen LogP contribution in [-0.2, 0) is 23.9 Å². The maximum Gasteiger partial charge on any atom is 0.245 e. The summed E-state index contributed by atoms with van der Waals surface area (Å²) in [7, 11) is 0. The first kappa shape index (κ1) is 24.4. The third-order valence-corrected chi connectivity index (χ3v) is 7.54. The molecule has 3 N–H and O–H groups in total. The van der Waals surface area contributed by atoms with Gasteiger partial charge in [-0.25, -0.2) is 0 Å². The Kier molecular flexibility index (Phi) is 7.88. The van der Waals surface area contributed by atoms with Crippen LogP contribution in [0, 0.1) is 11.8 Å². The summed E-state index contributed by atoms with van der Waals surface area (Å²) >= 11 is 0. The quantitative estimate of drug-likeness (QED) is 0.338. The van der Waals surface area contributed by atoms with E-state index in [9.17, 15) is 19.5 Å². The zero-order valence-electron chi connectivity index (χ0n) is 19.6. The van der Waals surface area contributed by atoms with Crippen molar-refractivity contribution in [3.8, 4) is 0 Å². The largest absolute Gasteiger partial charge is 0.396 e. The second kappa shape index (κ2) is 10.7. The molecule has 2 bridgehead atoms. The van der Waals surface area contributed by atoms with Gasteiger partial charge in [-0.2, -0.15) is 0 Å². The van der Waals surface area contributed by atoms with E-state index >= 15 is 0 Å². The average Bonchev–Trinajstić information content (AvgIpc) is 3.46. The molecule has 33 heavy (non-hydrogen) atoms. The molecule has 0 saturated carbocycles. The number of amides is 3. The fourth-order valence-corrected chi connectivity index (χ4v) is 6.01. The number of nitrogens with one attached hydrogen (secondary N) is 2. The van der Waals surface area contributed by atoms with Crippen molar-refractivity contribution in [3.05, 3.63) is 0 Å². The minimum Gasteiger partial charge on any atom is -0.396 e. The minimum atomic E-state index is -0.946. The number of nitrogens with zero attached hydrogens (tertiary/aromatic N) is 2. The fraction of sp³-hybridized carbons (Fsp3) is 0.870. The first-order valence-electron chi connectivity index (χ1n) is 12.5. The van der Waals surface area contributed by atoms with Crippen LogP contribution in [0.2, 0.25) is 0 Å². The molecule has 4 rings (SSSR count). The molecule has 0 aromatic carbocycles. The topological polar surface area (TPSA) is 120 Å². The first-order chi connectivity index (χ1) is 16.0. The van der Waals surface area contributed by atoms with Crippen LogP contribution in [0.1, 0.15) is 39.0 Å². The molecule has 5 atom stereocenters. The van der Waals surface area contributed by atoms with Crippen LogP contribution in [0.15, 0.2) is 0 Å². The Morgan fingerprint density at radius 1 is 1.12 bits per heavy atom. The van der Waals surface area contributed by atoms with Crippen molar-refractivity contribution in [2.45, 2.75) is 56.8 Å². The van der Waals surface area contributed by atoms with E-state index in [-0.39, 0.29) is 30.4 Å². The molecule has 10 nitrogen and oxygen atoms in total. The number of fused-ring (bicyclic) bond motifs is 1. The Labute approximate surface area is 195 Å². The zero-order chi connectivity index (χ0) is 23.4. The zero-order valence-corrected chi connectivity index (χ0v) is 19.6. The number of likely N-dealkylation sites (tertiary alicyclic amines) is 1. The van der Waals surface area contributed by atoms with E-state index in [0.717, 1.165) is 26.1 Å². The lowest BCUT2D eigenvalue weighted by Gasteiger charge is -2.34. The van der Waals surface area contributed by atoms with Crippen LogP contribution in [0.3, 0.4) is 0 Å². The number of hydrogen-bond donors (Lipinski definition) is 3. The van der Waals surface area contributed by atoms with Crippen LogP contribution in [-0.4, -0.2) is 109 Å². The van der Waals surface area contributed by atoms with Crippen LogP contribution in [0.4, 0.5) is 0 Å². The molecule has 4 fully saturated rings. The normalized spacial score (nSPS) is 33.4. The molecule has 0 radical (unpaired) electrons. The third-order valence-electron chi connectivity index (χ3n) is 7.54. The molecule has 4 saturated heterocycles. The summed E-state index contributed by atoms with van der Waals surface area (Å²) in [6.07, 6.45) is 2.92. The number of carbonyl (C=O) groups excluding carboxylic acids is 3. The van der Waals surface area contributed by atoms with Crippen LogP contribution >= 0.6 is 0 Å². The molecule has 4 aliphatic rings. The van der Waals surface area contributed by atoms with E-state index in [1.165, 1.54) is 0 Å². The van der Waals surface area contributed by atoms with Gasteiger partial charge in [-0.05, 0) is 32.1 Å². The molecular weight excluding hydrogens is 428 g/mol. The van der Waals surface area contributed by atoms with Gasteiger partial charge in [-0.15, -0.1) is 0 Å². The second-order valence-electron chi connectivity index (χ2n) is 9.55. The number of carbonyl (C=O) groups is 3. The Morgan fingerprint density at radius 3 is 2.61 bits per heavy atom. The Hall–Kier alpha value is -1.75. The summed E-state index contributed by atoms with van der Waals surface area (Å²) in [5.74, 6) is -1.70. The minimum absolute atomic E-state index is 0.0354. The van der Waals surface area contributed by atoms with Gasteiger partial charge in [-0.1, -0.05) is 6.92 Å². The van der Waals surface area contributed by atoms with E-state index in [1.54, 1.807) is 4.90 Å². The summed E-state index contributed by atoms with van der Waals surface area (Å²) in [6.45, 7) is 7.25. The molecule has 10 heteroatoms. The van der Waals surface area contributed by atoms with Crippen LogP contribution in [0.25, 0.3) is 0 Å². The van der Waals surface area contributed by atoms with Gasteiger partial charge in [0.1, 0.15) is 11.6 Å². The highest BCUT2D eigenvalue weighted by atomic mass is 16.5. The van der Waals surface area contributed by atoms with Gasteiger partial charge in [0.15, 0.2) is 0 Å². The maximum absolute atomic E-state index is 13.6. The van der Waals surface area contributed by atoms with Crippen molar-refractivity contribution in [2.75, 3.05) is 59.1 Å². The molecule has 0 aromatic rings. The highest BCUT2D eigenvalue weighted by Crippen LogP contribution is 2.58. The summed E-state index contributed by atoms with van der Waals surface area (Å²) < 4.78 is 11.7. The molecule has 186 valence electrons. The first-order valence-corrected chi connectivity index (χ1v) is 12.5. The van der Waals surface area contributed by atoms with E-state index in [2.05, 4.69) is 15.5 Å². The Morgan fingerprint density at radius 2 is 1.88 bits per heavy atom. The predicted octanol–water partition coefficient (Wildman–Crippen LogP) is -0.892. The van der Waals surface area contributed by atoms with Gasteiger partial charge in [0.2, 0.25) is 17.7 Å². The summed E-state index contributed by atoms with van der Waals surface area (Å²) in [6, 6.07) is -0.743. The smallest absolute Gasteiger partial charge is 0.245 e. The van der Waals surface area contributed by atoms with E-state index in [1.807, 2.05) is 6.92 Å². The highest BCUT2D eigenvalue weighted by molar-refractivity contribution is 5.98. The Balaban J connectivity index is 1.50. The molecule has 0 aliphatic carbocycles. The number of unbranched alkanes of at least 4 members (excludes halogenated alkanes) is 1. The molecule has 1 spiro atoms. The van der Waals surface area contributed by atoms with Gasteiger partial charge in [-0.3, -0.25) is 19.3 Å². The van der Waals surface area contributed by atoms with Crippen LogP contribution < -0.4 is 10.6 Å². The van der Waals surface area contributed by atoms with Gasteiger partial charge in [0.25, 0.3) is 0 Å². The molecule has 2 unspecified atom stereocenters. The number of morpholine rings is 1. The summed E-state index contributed by atoms with van der Waals surface area (Å²) in [5, 5.41) is 15.2. The summed E-state index contributed by atoms with van der Waals surface area (Å²) in [4.78, 5) is 43.9. The van der Waals surface area contributed by atoms with Gasteiger partial charge >= 0.3 is 0 Å². The third kappa shape index (κ3) is 4.62.